The molecule has 0 aliphatic carbocycles. The van der Waals surface area contributed by atoms with Gasteiger partial charge in [-0.25, -0.2) is 0 Å². The fraction of sp³-hybridized carbons (Fsp3) is 0.250. The third-order valence-corrected chi connectivity index (χ3v) is 4.39. The molecule has 1 unspecified atom stereocenters. The number of carbonyl (C=O) groups excluding carboxylic acids is 2. The van der Waals surface area contributed by atoms with Crippen molar-refractivity contribution in [2.75, 3.05) is 13.1 Å². The van der Waals surface area contributed by atoms with Crippen molar-refractivity contribution in [3.63, 3.8) is 0 Å². The number of ether oxygens (including phenoxy) is 1. The van der Waals surface area contributed by atoms with Crippen LogP contribution in [0.15, 0.2) is 48.5 Å². The van der Waals surface area contributed by atoms with Crippen LogP contribution in [0.25, 0.3) is 11.1 Å². The van der Waals surface area contributed by atoms with Crippen LogP contribution in [0, 0.1) is 17.2 Å². The number of benzene rings is 2. The molecule has 3 rings (SSSR count). The number of nitriles is 1. The van der Waals surface area contributed by atoms with Gasteiger partial charge < -0.3 is 9.64 Å². The summed E-state index contributed by atoms with van der Waals surface area (Å²) in [5.41, 5.74) is 2.59. The number of carbonyl (C=O) groups is 2. The Morgan fingerprint density at radius 3 is 2.20 bits per heavy atom. The Balaban J connectivity index is 1.63. The number of nitrogens with zero attached hydrogens (tertiary/aromatic N) is 2. The Morgan fingerprint density at radius 2 is 1.68 bits per heavy atom. The zero-order valence-electron chi connectivity index (χ0n) is 13.9. The molecule has 1 aliphatic heterocycles. The molecule has 1 amide bonds. The van der Waals surface area contributed by atoms with Crippen LogP contribution in [0.5, 0.6) is 5.75 Å². The van der Waals surface area contributed by atoms with Crippen LogP contribution >= 0.6 is 0 Å². The Labute approximate surface area is 146 Å². The third kappa shape index (κ3) is 3.86. The maximum atomic E-state index is 12.2. The summed E-state index contributed by atoms with van der Waals surface area (Å²) in [6.45, 7) is 2.54. The minimum atomic E-state index is -0.296. The molecule has 0 N–H and O–H groups in total. The maximum Gasteiger partial charge on any atom is 0.316 e. The van der Waals surface area contributed by atoms with Gasteiger partial charge in [0.1, 0.15) is 5.75 Å². The molecule has 0 spiro atoms. The molecule has 0 bridgehead atoms. The van der Waals surface area contributed by atoms with Crippen LogP contribution in [0.1, 0.15) is 18.9 Å². The molecule has 5 nitrogen and oxygen atoms in total. The molecule has 1 atom stereocenters. The van der Waals surface area contributed by atoms with Crippen molar-refractivity contribution in [3.05, 3.63) is 54.1 Å². The molecule has 1 aliphatic rings. The van der Waals surface area contributed by atoms with Gasteiger partial charge in [-0.2, -0.15) is 5.26 Å². The largest absolute Gasteiger partial charge is 0.426 e. The summed E-state index contributed by atoms with van der Waals surface area (Å²) in [6.07, 6.45) is 0.641. The van der Waals surface area contributed by atoms with Crippen molar-refractivity contribution in [1.29, 1.82) is 5.26 Å². The van der Waals surface area contributed by atoms with Crippen molar-refractivity contribution >= 4 is 11.9 Å². The highest BCUT2D eigenvalue weighted by molar-refractivity contribution is 5.79. The van der Waals surface area contributed by atoms with E-state index in [2.05, 4.69) is 6.07 Å². The van der Waals surface area contributed by atoms with Crippen LogP contribution in [-0.4, -0.2) is 29.9 Å². The highest BCUT2D eigenvalue weighted by atomic mass is 16.5. The molecular weight excluding hydrogens is 316 g/mol. The highest BCUT2D eigenvalue weighted by Gasteiger charge is 2.31. The number of likely N-dealkylation sites (tertiary alicyclic amines) is 1. The molecular formula is C20H18N2O3. The Kier molecular flexibility index (Phi) is 4.80. The van der Waals surface area contributed by atoms with Gasteiger partial charge >= 0.3 is 5.97 Å². The first kappa shape index (κ1) is 16.7. The lowest BCUT2D eigenvalue weighted by molar-refractivity contribution is -0.138. The second-order valence-electron chi connectivity index (χ2n) is 6.09. The molecule has 1 saturated heterocycles. The summed E-state index contributed by atoms with van der Waals surface area (Å²) in [7, 11) is 0. The van der Waals surface area contributed by atoms with Crippen molar-refractivity contribution in [1.82, 2.24) is 4.90 Å². The number of rotatable bonds is 3. The highest BCUT2D eigenvalue weighted by Crippen LogP contribution is 2.24. The van der Waals surface area contributed by atoms with Crippen molar-refractivity contribution < 1.29 is 14.3 Å². The monoisotopic (exact) mass is 334 g/mol. The molecule has 5 heteroatoms. The predicted octanol–water partition coefficient (Wildman–Crippen LogP) is 3.00. The van der Waals surface area contributed by atoms with Gasteiger partial charge in [-0.1, -0.05) is 24.3 Å². The Morgan fingerprint density at radius 1 is 1.08 bits per heavy atom. The number of hydrogen-bond acceptors (Lipinski definition) is 4. The maximum absolute atomic E-state index is 12.2. The fourth-order valence-electron chi connectivity index (χ4n) is 2.89. The number of amides is 1. The normalized spacial score (nSPS) is 16.3. The van der Waals surface area contributed by atoms with Crippen LogP contribution < -0.4 is 4.74 Å². The first-order valence-electron chi connectivity index (χ1n) is 8.14. The predicted molar refractivity (Wildman–Crippen MR) is 92.6 cm³/mol. The minimum Gasteiger partial charge on any atom is -0.426 e. The van der Waals surface area contributed by atoms with Gasteiger partial charge in [-0.05, 0) is 41.8 Å². The average molecular weight is 334 g/mol. The van der Waals surface area contributed by atoms with Crippen LogP contribution in [0.4, 0.5) is 0 Å². The molecule has 0 radical (unpaired) electrons. The van der Waals surface area contributed by atoms with Gasteiger partial charge in [0.2, 0.25) is 5.91 Å². The number of esters is 1. The molecule has 1 heterocycles. The lowest BCUT2D eigenvalue weighted by atomic mass is 10.0. The second kappa shape index (κ2) is 7.18. The fourth-order valence-corrected chi connectivity index (χ4v) is 2.89. The van der Waals surface area contributed by atoms with E-state index in [0.29, 0.717) is 30.8 Å². The molecule has 126 valence electrons. The van der Waals surface area contributed by atoms with E-state index in [1.54, 1.807) is 29.2 Å². The van der Waals surface area contributed by atoms with Crippen LogP contribution in [0.3, 0.4) is 0 Å². The Hall–Kier alpha value is -3.13. The zero-order chi connectivity index (χ0) is 17.8. The van der Waals surface area contributed by atoms with E-state index in [-0.39, 0.29) is 17.8 Å². The minimum absolute atomic E-state index is 0.0120. The van der Waals surface area contributed by atoms with Crippen molar-refractivity contribution in [2.24, 2.45) is 5.92 Å². The number of hydrogen-bond donors (Lipinski definition) is 0. The standard InChI is InChI=1S/C20H18N2O3/c1-14(23)22-11-10-18(13-22)20(24)25-19-8-6-17(7-9-19)16-4-2-15(12-21)3-5-16/h2-9,18H,10-11,13H2,1H3. The van der Waals surface area contributed by atoms with E-state index in [1.165, 1.54) is 6.92 Å². The molecule has 2 aromatic rings. The third-order valence-electron chi connectivity index (χ3n) is 4.39. The quantitative estimate of drug-likeness (QED) is 0.639. The van der Waals surface area contributed by atoms with E-state index in [9.17, 15) is 9.59 Å². The van der Waals surface area contributed by atoms with Crippen LogP contribution in [-0.2, 0) is 9.59 Å². The van der Waals surface area contributed by atoms with E-state index < -0.39 is 0 Å². The van der Waals surface area contributed by atoms with Gasteiger partial charge in [0.25, 0.3) is 0 Å². The molecule has 0 saturated carbocycles. The van der Waals surface area contributed by atoms with Gasteiger partial charge in [0, 0.05) is 20.0 Å². The van der Waals surface area contributed by atoms with Gasteiger partial charge in [-0.15, -0.1) is 0 Å². The van der Waals surface area contributed by atoms with E-state index in [1.807, 2.05) is 24.3 Å². The average Bonchev–Trinajstić information content (AvgIpc) is 3.13. The summed E-state index contributed by atoms with van der Waals surface area (Å²) in [5, 5.41) is 8.84. The summed E-state index contributed by atoms with van der Waals surface area (Å²) >= 11 is 0. The van der Waals surface area contributed by atoms with E-state index in [4.69, 9.17) is 10.00 Å². The summed E-state index contributed by atoms with van der Waals surface area (Å²) in [6, 6.07) is 16.7. The first-order valence-corrected chi connectivity index (χ1v) is 8.14. The molecule has 2 aromatic carbocycles. The smallest absolute Gasteiger partial charge is 0.316 e. The molecule has 25 heavy (non-hydrogen) atoms. The van der Waals surface area contributed by atoms with Crippen molar-refractivity contribution in [3.8, 4) is 22.9 Å². The molecule has 0 aromatic heterocycles. The van der Waals surface area contributed by atoms with Gasteiger partial charge in [-0.3, -0.25) is 9.59 Å². The van der Waals surface area contributed by atoms with Crippen LogP contribution in [0.2, 0.25) is 0 Å². The second-order valence-corrected chi connectivity index (χ2v) is 6.09. The zero-order valence-corrected chi connectivity index (χ0v) is 13.9. The van der Waals surface area contributed by atoms with Gasteiger partial charge in [0.05, 0.1) is 17.6 Å². The lowest BCUT2D eigenvalue weighted by Crippen LogP contribution is -2.29. The summed E-state index contributed by atoms with van der Waals surface area (Å²) in [4.78, 5) is 25.2. The van der Waals surface area contributed by atoms with E-state index >= 15 is 0 Å². The Bertz CT molecular complexity index is 820. The molecule has 1 fully saturated rings. The summed E-state index contributed by atoms with van der Waals surface area (Å²) < 4.78 is 5.43. The van der Waals surface area contributed by atoms with Gasteiger partial charge in [0.15, 0.2) is 0 Å². The first-order chi connectivity index (χ1) is 12.1. The SMILES string of the molecule is CC(=O)N1CCC(C(=O)Oc2ccc(-c3ccc(C#N)cc3)cc2)C1. The topological polar surface area (TPSA) is 70.4 Å². The van der Waals surface area contributed by atoms with E-state index in [0.717, 1.165) is 11.1 Å². The van der Waals surface area contributed by atoms with Crippen molar-refractivity contribution in [2.45, 2.75) is 13.3 Å². The summed E-state index contributed by atoms with van der Waals surface area (Å²) in [5.74, 6) is -0.0808. The lowest BCUT2D eigenvalue weighted by Gasteiger charge is -2.13.